The number of halogens is 5. The molecule has 2 aliphatic rings. The minimum atomic E-state index is -4.90. The van der Waals surface area contributed by atoms with Crippen LogP contribution in [0.1, 0.15) is 60.3 Å². The highest BCUT2D eigenvalue weighted by Gasteiger charge is 2.55. The number of nitrogens with one attached hydrogen (secondary N) is 1. The van der Waals surface area contributed by atoms with Crippen molar-refractivity contribution in [2.75, 3.05) is 11.6 Å². The van der Waals surface area contributed by atoms with Gasteiger partial charge in [-0.05, 0) is 30.4 Å². The lowest BCUT2D eigenvalue weighted by atomic mass is 9.67. The third-order valence-electron chi connectivity index (χ3n) is 5.94. The number of carbonyl (C=O) groups is 1. The molecule has 35 heavy (non-hydrogen) atoms. The van der Waals surface area contributed by atoms with Crippen molar-refractivity contribution >= 4 is 21.3 Å². The second-order valence-corrected chi connectivity index (χ2v) is 11.6. The minimum Gasteiger partial charge on any atom is -0.320 e. The van der Waals surface area contributed by atoms with Gasteiger partial charge in [-0.1, -0.05) is 6.92 Å². The Labute approximate surface area is 197 Å². The molecule has 2 fully saturated rings. The number of aromatic nitrogens is 3. The highest BCUT2D eigenvalue weighted by molar-refractivity contribution is 7.93. The molecular formula is C21H21F5N6O2S. The highest BCUT2D eigenvalue weighted by atomic mass is 32.2. The molecular weight excluding hydrogens is 495 g/mol. The summed E-state index contributed by atoms with van der Waals surface area (Å²) < 4.78 is 86.1. The second kappa shape index (κ2) is 8.25. The molecule has 1 atom stereocenters. The maximum atomic E-state index is 14.1. The van der Waals surface area contributed by atoms with Gasteiger partial charge in [0.2, 0.25) is 12.1 Å². The predicted octanol–water partition coefficient (Wildman–Crippen LogP) is 4.80. The summed E-state index contributed by atoms with van der Waals surface area (Å²) in [6.45, 7) is 1.23. The Bertz CT molecular complexity index is 1340. The van der Waals surface area contributed by atoms with Crippen molar-refractivity contribution in [3.63, 3.8) is 0 Å². The molecule has 2 aromatic rings. The van der Waals surface area contributed by atoms with Crippen LogP contribution in [0.25, 0.3) is 0 Å². The van der Waals surface area contributed by atoms with Gasteiger partial charge in [-0.15, -0.1) is 4.36 Å². The SMILES string of the molecule is CC1(Cn2nc(C3CC3)c(C(F)(F)F)c2C(=O)Nc2ccnc([S@](C)(=O)=NC#N)c2)CC(F)(F)C1. The largest absolute Gasteiger partial charge is 0.420 e. The summed E-state index contributed by atoms with van der Waals surface area (Å²) in [6, 6.07) is 2.41. The van der Waals surface area contributed by atoms with Gasteiger partial charge in [0.25, 0.3) is 5.91 Å². The van der Waals surface area contributed by atoms with E-state index in [0.717, 1.165) is 23.2 Å². The molecule has 8 nitrogen and oxygen atoms in total. The molecule has 0 spiro atoms. The second-order valence-electron chi connectivity index (χ2n) is 9.39. The van der Waals surface area contributed by atoms with Crippen LogP contribution >= 0.6 is 0 Å². The molecule has 0 aromatic carbocycles. The van der Waals surface area contributed by atoms with Crippen molar-refractivity contribution in [1.82, 2.24) is 14.8 Å². The normalized spacial score (nSPS) is 20.3. The summed E-state index contributed by atoms with van der Waals surface area (Å²) in [5.41, 5.74) is -3.27. The van der Waals surface area contributed by atoms with Gasteiger partial charge in [-0.2, -0.15) is 23.5 Å². The van der Waals surface area contributed by atoms with Crippen molar-refractivity contribution in [2.45, 2.75) is 62.2 Å². The molecule has 2 aliphatic carbocycles. The van der Waals surface area contributed by atoms with Gasteiger partial charge < -0.3 is 5.32 Å². The fraction of sp³-hybridized carbons (Fsp3) is 0.524. The number of nitrogens with zero attached hydrogens (tertiary/aromatic N) is 5. The van der Waals surface area contributed by atoms with E-state index in [1.54, 1.807) is 0 Å². The highest BCUT2D eigenvalue weighted by Crippen LogP contribution is 2.53. The predicted molar refractivity (Wildman–Crippen MR) is 114 cm³/mol. The van der Waals surface area contributed by atoms with Crippen LogP contribution in [0.4, 0.5) is 27.6 Å². The van der Waals surface area contributed by atoms with E-state index in [1.807, 2.05) is 0 Å². The first kappa shape index (κ1) is 25.0. The van der Waals surface area contributed by atoms with Crippen molar-refractivity contribution in [2.24, 2.45) is 9.78 Å². The quantitative estimate of drug-likeness (QED) is 0.438. The number of pyridine rings is 1. The number of alkyl halides is 5. The molecule has 0 unspecified atom stereocenters. The van der Waals surface area contributed by atoms with Gasteiger partial charge >= 0.3 is 6.18 Å². The van der Waals surface area contributed by atoms with E-state index in [9.17, 15) is 31.0 Å². The summed E-state index contributed by atoms with van der Waals surface area (Å²) in [4.78, 5) is 17.0. The van der Waals surface area contributed by atoms with E-state index in [4.69, 9.17) is 5.26 Å². The summed E-state index contributed by atoms with van der Waals surface area (Å²) >= 11 is 0. The first-order valence-corrected chi connectivity index (χ1v) is 12.5. The van der Waals surface area contributed by atoms with Gasteiger partial charge in [0.15, 0.2) is 0 Å². The van der Waals surface area contributed by atoms with Crippen LogP contribution in [0.5, 0.6) is 0 Å². The van der Waals surface area contributed by atoms with Gasteiger partial charge in [0.1, 0.15) is 26.0 Å². The van der Waals surface area contributed by atoms with Crippen LogP contribution < -0.4 is 5.32 Å². The van der Waals surface area contributed by atoms with E-state index >= 15 is 0 Å². The van der Waals surface area contributed by atoms with Gasteiger partial charge in [-0.25, -0.2) is 18.0 Å². The zero-order chi connectivity index (χ0) is 25.8. The fourth-order valence-electron chi connectivity index (χ4n) is 4.43. The maximum absolute atomic E-state index is 14.1. The van der Waals surface area contributed by atoms with Gasteiger partial charge in [0, 0.05) is 43.4 Å². The monoisotopic (exact) mass is 516 g/mol. The molecule has 188 valence electrons. The van der Waals surface area contributed by atoms with Crippen molar-refractivity contribution in [1.29, 1.82) is 5.26 Å². The van der Waals surface area contributed by atoms with E-state index in [-0.39, 0.29) is 23.0 Å². The molecule has 1 N–H and O–H groups in total. The van der Waals surface area contributed by atoms with E-state index in [2.05, 4.69) is 19.8 Å². The van der Waals surface area contributed by atoms with Crippen molar-refractivity contribution < 1.29 is 31.0 Å². The third-order valence-corrected chi connectivity index (χ3v) is 7.37. The van der Waals surface area contributed by atoms with Crippen molar-refractivity contribution in [3.05, 3.63) is 35.3 Å². The van der Waals surface area contributed by atoms with E-state index < -0.39 is 63.2 Å². The van der Waals surface area contributed by atoms with Crippen LogP contribution in [0.2, 0.25) is 0 Å². The zero-order valence-electron chi connectivity index (χ0n) is 18.7. The number of rotatable bonds is 6. The maximum Gasteiger partial charge on any atom is 0.420 e. The number of anilines is 1. The topological polar surface area (TPSA) is 113 Å². The number of hydrogen-bond acceptors (Lipinski definition) is 6. The van der Waals surface area contributed by atoms with E-state index in [1.165, 1.54) is 19.2 Å². The Morgan fingerprint density at radius 3 is 2.57 bits per heavy atom. The third kappa shape index (κ3) is 5.14. The molecule has 2 heterocycles. The summed E-state index contributed by atoms with van der Waals surface area (Å²) in [5.74, 6) is -4.52. The molecule has 0 bridgehead atoms. The van der Waals surface area contributed by atoms with E-state index in [0.29, 0.717) is 12.8 Å². The summed E-state index contributed by atoms with van der Waals surface area (Å²) in [6.07, 6.45) is -1.26. The lowest BCUT2D eigenvalue weighted by Gasteiger charge is -2.44. The molecule has 2 aromatic heterocycles. The molecule has 2 saturated carbocycles. The molecule has 0 saturated heterocycles. The number of carbonyl (C=O) groups excluding carboxylic acids is 1. The minimum absolute atomic E-state index is 0.0297. The van der Waals surface area contributed by atoms with Crippen LogP contribution in [0.15, 0.2) is 27.7 Å². The number of hydrogen-bond donors (Lipinski definition) is 1. The lowest BCUT2D eigenvalue weighted by molar-refractivity contribution is -0.160. The number of amides is 1. The molecule has 0 radical (unpaired) electrons. The smallest absolute Gasteiger partial charge is 0.320 e. The average molecular weight is 516 g/mol. The average Bonchev–Trinajstić information content (AvgIpc) is 3.46. The molecule has 0 aliphatic heterocycles. The van der Waals surface area contributed by atoms with Crippen LogP contribution in [-0.4, -0.2) is 37.1 Å². The van der Waals surface area contributed by atoms with Gasteiger partial charge in [0.05, 0.1) is 5.69 Å². The summed E-state index contributed by atoms with van der Waals surface area (Å²) in [7, 11) is -3.22. The van der Waals surface area contributed by atoms with Crippen LogP contribution in [0, 0.1) is 16.9 Å². The van der Waals surface area contributed by atoms with Crippen LogP contribution in [0.3, 0.4) is 0 Å². The standard InChI is InChI=1S/C21H21F5N6O2S/c1-19(8-20(22,23)9-19)10-32-17(15(21(24,25)26)16(31-32)12-3-4-12)18(33)30-13-5-6-28-14(7-13)35(2,34)29-11-27/h5-7,12H,3-4,8-10H2,1-2H3,(H,28,30,33)/t35-/m0/s1. The molecule has 14 heteroatoms. The Morgan fingerprint density at radius 1 is 1.37 bits per heavy atom. The summed E-state index contributed by atoms with van der Waals surface area (Å²) in [5, 5.41) is 15.0. The van der Waals surface area contributed by atoms with Crippen molar-refractivity contribution in [3.8, 4) is 6.19 Å². The molecule has 1 amide bonds. The Balaban J connectivity index is 1.74. The molecule has 4 rings (SSSR count). The van der Waals surface area contributed by atoms with Crippen LogP contribution in [-0.2, 0) is 22.5 Å². The Kier molecular flexibility index (Phi) is 5.90. The first-order chi connectivity index (χ1) is 16.1. The van der Waals surface area contributed by atoms with Gasteiger partial charge in [-0.3, -0.25) is 9.48 Å². The number of nitriles is 1. The fourth-order valence-corrected chi connectivity index (χ4v) is 5.28. The Hall–Kier alpha value is -3.08. The Morgan fingerprint density at radius 2 is 2.03 bits per heavy atom. The lowest BCUT2D eigenvalue weighted by Crippen LogP contribution is -2.47. The first-order valence-electron chi connectivity index (χ1n) is 10.6. The zero-order valence-corrected chi connectivity index (χ0v) is 19.5.